The van der Waals surface area contributed by atoms with E-state index in [1.165, 1.54) is 4.31 Å². The van der Waals surface area contributed by atoms with E-state index >= 15 is 0 Å². The van der Waals surface area contributed by atoms with Gasteiger partial charge in [0.1, 0.15) is 12.4 Å². The second kappa shape index (κ2) is 7.51. The monoisotopic (exact) mass is 367 g/mol. The summed E-state index contributed by atoms with van der Waals surface area (Å²) in [7, 11) is -2.01. The minimum atomic E-state index is -3.55. The van der Waals surface area contributed by atoms with Gasteiger partial charge in [-0.3, -0.25) is 0 Å². The highest BCUT2D eigenvalue weighted by atomic mass is 32.2. The van der Waals surface area contributed by atoms with Crippen molar-refractivity contribution in [1.29, 1.82) is 0 Å². The van der Waals surface area contributed by atoms with Crippen molar-refractivity contribution in [1.82, 2.24) is 14.4 Å². The van der Waals surface area contributed by atoms with E-state index in [-0.39, 0.29) is 17.6 Å². The largest absolute Gasteiger partial charge is 0.497 e. The van der Waals surface area contributed by atoms with Gasteiger partial charge in [-0.25, -0.2) is 8.42 Å². The zero-order valence-electron chi connectivity index (χ0n) is 14.2. The number of rotatable bonds is 6. The molecular formula is C16H21N3O5S. The fourth-order valence-corrected chi connectivity index (χ4v) is 4.26. The van der Waals surface area contributed by atoms with E-state index in [0.29, 0.717) is 30.6 Å². The number of hydrogen-bond donors (Lipinski definition) is 0. The van der Waals surface area contributed by atoms with Crippen molar-refractivity contribution in [2.45, 2.75) is 37.4 Å². The maximum atomic E-state index is 12.8. The molecule has 0 bridgehead atoms. The van der Waals surface area contributed by atoms with Crippen molar-refractivity contribution < 1.29 is 22.4 Å². The van der Waals surface area contributed by atoms with Gasteiger partial charge in [0, 0.05) is 20.0 Å². The molecule has 1 aliphatic heterocycles. The average Bonchev–Trinajstić information content (AvgIpc) is 3.05. The lowest BCUT2D eigenvalue weighted by atomic mass is 10.1. The minimum Gasteiger partial charge on any atom is -0.497 e. The lowest BCUT2D eigenvalue weighted by Crippen LogP contribution is -2.43. The molecule has 0 N–H and O–H groups in total. The van der Waals surface area contributed by atoms with Crippen LogP contribution in [0.2, 0.25) is 0 Å². The molecule has 0 spiro atoms. The molecule has 1 aromatic heterocycles. The number of piperidine rings is 1. The van der Waals surface area contributed by atoms with Crippen LogP contribution in [0.3, 0.4) is 0 Å². The summed E-state index contributed by atoms with van der Waals surface area (Å²) in [6.07, 6.45) is 1.34. The summed E-state index contributed by atoms with van der Waals surface area (Å²) in [5.74, 6) is 1.56. The zero-order valence-corrected chi connectivity index (χ0v) is 15.0. The van der Waals surface area contributed by atoms with E-state index in [0.717, 1.165) is 12.8 Å². The lowest BCUT2D eigenvalue weighted by Gasteiger charge is -2.31. The van der Waals surface area contributed by atoms with E-state index in [9.17, 15) is 8.42 Å². The summed E-state index contributed by atoms with van der Waals surface area (Å²) in [5, 5.41) is 3.78. The number of sulfonamides is 1. The topological polar surface area (TPSA) is 94.8 Å². The fraction of sp³-hybridized carbons (Fsp3) is 0.500. The Morgan fingerprint density at radius 2 is 2.08 bits per heavy atom. The second-order valence-electron chi connectivity index (χ2n) is 5.84. The van der Waals surface area contributed by atoms with Crippen molar-refractivity contribution in [2.24, 2.45) is 0 Å². The Kier molecular flexibility index (Phi) is 5.36. The van der Waals surface area contributed by atoms with E-state index in [1.54, 1.807) is 38.3 Å². The van der Waals surface area contributed by atoms with E-state index < -0.39 is 10.0 Å². The van der Waals surface area contributed by atoms with Crippen LogP contribution in [0, 0.1) is 6.92 Å². The lowest BCUT2D eigenvalue weighted by molar-refractivity contribution is 0.00438. The Morgan fingerprint density at radius 1 is 1.32 bits per heavy atom. The highest BCUT2D eigenvalue weighted by molar-refractivity contribution is 7.89. The van der Waals surface area contributed by atoms with Crippen molar-refractivity contribution in [2.75, 3.05) is 20.2 Å². The summed E-state index contributed by atoms with van der Waals surface area (Å²) in [6, 6.07) is 6.40. The Balaban J connectivity index is 1.64. The maximum Gasteiger partial charge on any atom is 0.243 e. The number of benzene rings is 1. The quantitative estimate of drug-likeness (QED) is 0.767. The smallest absolute Gasteiger partial charge is 0.243 e. The molecule has 0 aliphatic carbocycles. The maximum absolute atomic E-state index is 12.8. The normalized spacial score (nSPS) is 19.0. The minimum absolute atomic E-state index is 0.194. The number of ether oxygens (including phenoxy) is 2. The molecule has 1 fully saturated rings. The molecule has 9 heteroatoms. The van der Waals surface area contributed by atoms with Gasteiger partial charge in [-0.2, -0.15) is 9.29 Å². The molecule has 8 nitrogen and oxygen atoms in total. The summed E-state index contributed by atoms with van der Waals surface area (Å²) in [6.45, 7) is 2.71. The van der Waals surface area contributed by atoms with Gasteiger partial charge in [0.25, 0.3) is 0 Å². The summed E-state index contributed by atoms with van der Waals surface area (Å²) >= 11 is 0. The Labute approximate surface area is 146 Å². The molecule has 1 atom stereocenters. The van der Waals surface area contributed by atoms with Crippen LogP contribution in [0.25, 0.3) is 0 Å². The average molecular weight is 367 g/mol. The summed E-state index contributed by atoms with van der Waals surface area (Å²) < 4.78 is 42.8. The van der Waals surface area contributed by atoms with Gasteiger partial charge in [-0.15, -0.1) is 0 Å². The van der Waals surface area contributed by atoms with Crippen molar-refractivity contribution in [3.8, 4) is 5.75 Å². The van der Waals surface area contributed by atoms with E-state index in [1.807, 2.05) is 0 Å². The van der Waals surface area contributed by atoms with Gasteiger partial charge in [-0.1, -0.05) is 5.16 Å². The Morgan fingerprint density at radius 3 is 2.72 bits per heavy atom. The van der Waals surface area contributed by atoms with Gasteiger partial charge in [0.05, 0.1) is 18.1 Å². The molecule has 1 unspecified atom stereocenters. The predicted octanol–water partition coefficient (Wildman–Crippen LogP) is 1.76. The first kappa shape index (κ1) is 17.8. The molecule has 2 heterocycles. The van der Waals surface area contributed by atoms with Crippen LogP contribution in [-0.2, 0) is 21.4 Å². The fourth-order valence-electron chi connectivity index (χ4n) is 2.75. The molecule has 2 aromatic rings. The molecule has 1 saturated heterocycles. The van der Waals surface area contributed by atoms with Crippen molar-refractivity contribution >= 4 is 10.0 Å². The standard InChI is InChI=1S/C16H21N3O5S/c1-12-17-16(18-24-12)11-23-14-4-3-9-19(10-14)25(20,21)15-7-5-13(22-2)6-8-15/h5-8,14H,3-4,9-11H2,1-2H3. The second-order valence-corrected chi connectivity index (χ2v) is 7.78. The molecule has 3 rings (SSSR count). The molecule has 1 aliphatic rings. The third kappa shape index (κ3) is 4.17. The molecule has 136 valence electrons. The molecule has 25 heavy (non-hydrogen) atoms. The first-order valence-corrected chi connectivity index (χ1v) is 9.48. The predicted molar refractivity (Wildman–Crippen MR) is 88.6 cm³/mol. The SMILES string of the molecule is COc1ccc(S(=O)(=O)N2CCCC(OCc3noc(C)n3)C2)cc1. The van der Waals surface area contributed by atoms with Crippen LogP contribution in [0.15, 0.2) is 33.7 Å². The molecular weight excluding hydrogens is 346 g/mol. The number of aryl methyl sites for hydroxylation is 1. The first-order chi connectivity index (χ1) is 12.0. The third-order valence-corrected chi connectivity index (χ3v) is 5.94. The van der Waals surface area contributed by atoms with Crippen LogP contribution in [0.1, 0.15) is 24.6 Å². The van der Waals surface area contributed by atoms with Crippen LogP contribution in [-0.4, -0.2) is 49.2 Å². The van der Waals surface area contributed by atoms with E-state index in [2.05, 4.69) is 10.1 Å². The molecule has 0 radical (unpaired) electrons. The van der Waals surface area contributed by atoms with Gasteiger partial charge >= 0.3 is 0 Å². The van der Waals surface area contributed by atoms with Crippen molar-refractivity contribution in [3.05, 3.63) is 36.0 Å². The first-order valence-electron chi connectivity index (χ1n) is 8.04. The van der Waals surface area contributed by atoms with Crippen LogP contribution in [0.4, 0.5) is 0 Å². The van der Waals surface area contributed by atoms with Crippen LogP contribution < -0.4 is 4.74 Å². The third-order valence-electron chi connectivity index (χ3n) is 4.06. The zero-order chi connectivity index (χ0) is 17.9. The molecule has 0 saturated carbocycles. The van der Waals surface area contributed by atoms with Gasteiger partial charge in [-0.05, 0) is 37.1 Å². The molecule has 1 aromatic carbocycles. The Hall–Kier alpha value is -1.97. The van der Waals surface area contributed by atoms with Crippen molar-refractivity contribution in [3.63, 3.8) is 0 Å². The van der Waals surface area contributed by atoms with Gasteiger partial charge < -0.3 is 14.0 Å². The number of nitrogens with zero attached hydrogens (tertiary/aromatic N) is 3. The number of methoxy groups -OCH3 is 1. The van der Waals surface area contributed by atoms with Gasteiger partial charge in [0.15, 0.2) is 5.82 Å². The Bertz CT molecular complexity index is 803. The highest BCUT2D eigenvalue weighted by Gasteiger charge is 2.30. The number of aromatic nitrogens is 2. The highest BCUT2D eigenvalue weighted by Crippen LogP contribution is 2.24. The summed E-state index contributed by atoms with van der Waals surface area (Å²) in [5.41, 5.74) is 0. The van der Waals surface area contributed by atoms with Crippen LogP contribution >= 0.6 is 0 Å². The summed E-state index contributed by atoms with van der Waals surface area (Å²) in [4.78, 5) is 4.33. The van der Waals surface area contributed by atoms with E-state index in [4.69, 9.17) is 14.0 Å². The van der Waals surface area contributed by atoms with Gasteiger partial charge in [0.2, 0.25) is 15.9 Å². The molecule has 0 amide bonds. The number of hydrogen-bond acceptors (Lipinski definition) is 7. The van der Waals surface area contributed by atoms with Crippen LogP contribution in [0.5, 0.6) is 5.75 Å².